The summed E-state index contributed by atoms with van der Waals surface area (Å²) in [4.78, 5) is 22.6. The average Bonchev–Trinajstić information content (AvgIpc) is 2.96. The second-order valence-corrected chi connectivity index (χ2v) is 8.60. The molecule has 0 radical (unpaired) electrons. The molecule has 0 aromatic carbocycles. The zero-order valence-corrected chi connectivity index (χ0v) is 18.4. The van der Waals surface area contributed by atoms with Gasteiger partial charge in [-0.1, -0.05) is 63.7 Å². The van der Waals surface area contributed by atoms with Crippen molar-refractivity contribution in [2.75, 3.05) is 0 Å². The van der Waals surface area contributed by atoms with Crippen LogP contribution in [0.2, 0.25) is 0 Å². The topological polar surface area (TPSA) is 94.8 Å². The Balaban J connectivity index is 2.65. The highest BCUT2D eigenvalue weighted by Crippen LogP contribution is 2.37. The minimum Gasteiger partial charge on any atom is -0.481 e. The van der Waals surface area contributed by atoms with Gasteiger partial charge in [-0.15, -0.1) is 0 Å². The van der Waals surface area contributed by atoms with E-state index < -0.39 is 18.2 Å². The molecule has 0 aromatic rings. The number of carboxylic acid groups (broad SMARTS) is 1. The molecule has 0 spiro atoms. The number of aliphatic carboxylic acids is 1. The van der Waals surface area contributed by atoms with Gasteiger partial charge in [0.25, 0.3) is 0 Å². The van der Waals surface area contributed by atoms with Gasteiger partial charge in [-0.05, 0) is 44.1 Å². The van der Waals surface area contributed by atoms with Gasteiger partial charge < -0.3 is 15.3 Å². The van der Waals surface area contributed by atoms with Crippen molar-refractivity contribution in [3.8, 4) is 0 Å². The van der Waals surface area contributed by atoms with Crippen molar-refractivity contribution in [3.05, 3.63) is 23.3 Å². The SMILES string of the molecule is CCCC[C@@H](C)C[C@H](O)/C=C/[C@@H]1C(CCCCCCC(=O)O)=C(C(C)=O)CC1O. The van der Waals surface area contributed by atoms with Crippen molar-refractivity contribution in [1.29, 1.82) is 0 Å². The van der Waals surface area contributed by atoms with Crippen molar-refractivity contribution >= 4 is 11.8 Å². The Hall–Kier alpha value is -1.46. The summed E-state index contributed by atoms with van der Waals surface area (Å²) >= 11 is 0. The minimum atomic E-state index is -0.765. The highest BCUT2D eigenvalue weighted by Gasteiger charge is 2.33. The molecule has 29 heavy (non-hydrogen) atoms. The first kappa shape index (κ1) is 25.6. The molecular weight excluding hydrogens is 368 g/mol. The third-order valence-electron chi connectivity index (χ3n) is 5.86. The van der Waals surface area contributed by atoms with E-state index in [9.17, 15) is 19.8 Å². The summed E-state index contributed by atoms with van der Waals surface area (Å²) < 4.78 is 0. The summed E-state index contributed by atoms with van der Waals surface area (Å²) in [7, 11) is 0. The van der Waals surface area contributed by atoms with Crippen molar-refractivity contribution in [2.24, 2.45) is 11.8 Å². The number of carbonyl (C=O) groups is 2. The fourth-order valence-corrected chi connectivity index (χ4v) is 4.19. The maximum Gasteiger partial charge on any atom is 0.303 e. The second-order valence-electron chi connectivity index (χ2n) is 8.60. The molecule has 1 aliphatic carbocycles. The quantitative estimate of drug-likeness (QED) is 0.267. The minimum absolute atomic E-state index is 0.00886. The number of carboxylic acids is 1. The molecule has 166 valence electrons. The number of unbranched alkanes of at least 4 members (excludes halogenated alkanes) is 4. The van der Waals surface area contributed by atoms with Crippen LogP contribution < -0.4 is 0 Å². The second kappa shape index (κ2) is 13.7. The normalized spacial score (nSPS) is 21.7. The summed E-state index contributed by atoms with van der Waals surface area (Å²) in [6.07, 6.45) is 11.3. The van der Waals surface area contributed by atoms with Crippen molar-refractivity contribution < 1.29 is 24.9 Å². The number of hydrogen-bond donors (Lipinski definition) is 3. The largest absolute Gasteiger partial charge is 0.481 e. The molecule has 0 saturated carbocycles. The van der Waals surface area contributed by atoms with E-state index in [1.165, 1.54) is 6.42 Å². The van der Waals surface area contributed by atoms with Crippen LogP contribution in [0.4, 0.5) is 0 Å². The fraction of sp³-hybridized carbons (Fsp3) is 0.750. The molecule has 0 saturated heterocycles. The predicted molar refractivity (Wildman–Crippen MR) is 116 cm³/mol. The Kier molecular flexibility index (Phi) is 12.1. The van der Waals surface area contributed by atoms with Gasteiger partial charge >= 0.3 is 5.97 Å². The zero-order valence-electron chi connectivity index (χ0n) is 18.4. The Bertz CT molecular complexity index is 578. The monoisotopic (exact) mass is 408 g/mol. The number of aliphatic hydroxyl groups excluding tert-OH is 2. The van der Waals surface area contributed by atoms with E-state index in [4.69, 9.17) is 5.11 Å². The van der Waals surface area contributed by atoms with E-state index in [1.54, 1.807) is 13.0 Å². The first-order valence-corrected chi connectivity index (χ1v) is 11.2. The highest BCUT2D eigenvalue weighted by atomic mass is 16.4. The van der Waals surface area contributed by atoms with Gasteiger partial charge in [-0.2, -0.15) is 0 Å². The van der Waals surface area contributed by atoms with Crippen molar-refractivity contribution in [3.63, 3.8) is 0 Å². The zero-order chi connectivity index (χ0) is 21.8. The van der Waals surface area contributed by atoms with E-state index in [-0.39, 0.29) is 18.1 Å². The van der Waals surface area contributed by atoms with Gasteiger partial charge in [-0.3, -0.25) is 9.59 Å². The third kappa shape index (κ3) is 9.72. The fourth-order valence-electron chi connectivity index (χ4n) is 4.19. The van der Waals surface area contributed by atoms with E-state index >= 15 is 0 Å². The number of ketones is 1. The number of carbonyl (C=O) groups excluding carboxylic acids is 1. The molecule has 0 bridgehead atoms. The molecule has 0 fully saturated rings. The van der Waals surface area contributed by atoms with Crippen LogP contribution in [-0.2, 0) is 9.59 Å². The van der Waals surface area contributed by atoms with Crippen LogP contribution in [0.3, 0.4) is 0 Å². The smallest absolute Gasteiger partial charge is 0.303 e. The van der Waals surface area contributed by atoms with Crippen LogP contribution in [0.5, 0.6) is 0 Å². The number of aliphatic hydroxyl groups is 2. The molecule has 1 unspecified atom stereocenters. The number of hydrogen-bond acceptors (Lipinski definition) is 4. The van der Waals surface area contributed by atoms with Gasteiger partial charge in [0.2, 0.25) is 0 Å². The number of rotatable bonds is 15. The lowest BCUT2D eigenvalue weighted by molar-refractivity contribution is -0.137. The first-order valence-electron chi connectivity index (χ1n) is 11.2. The Morgan fingerprint density at radius 2 is 1.86 bits per heavy atom. The molecule has 0 aromatic heterocycles. The van der Waals surface area contributed by atoms with Gasteiger partial charge in [0.1, 0.15) is 0 Å². The summed E-state index contributed by atoms with van der Waals surface area (Å²) in [6.45, 7) is 5.86. The summed E-state index contributed by atoms with van der Waals surface area (Å²) in [6, 6.07) is 0. The third-order valence-corrected chi connectivity index (χ3v) is 5.86. The predicted octanol–water partition coefficient (Wildman–Crippen LogP) is 4.81. The van der Waals surface area contributed by atoms with E-state index in [2.05, 4.69) is 13.8 Å². The molecule has 0 amide bonds. The Morgan fingerprint density at radius 1 is 1.17 bits per heavy atom. The summed E-state index contributed by atoms with van der Waals surface area (Å²) in [5, 5.41) is 29.5. The molecule has 0 aliphatic heterocycles. The molecule has 1 aliphatic rings. The lowest BCUT2D eigenvalue weighted by atomic mass is 9.91. The lowest BCUT2D eigenvalue weighted by Crippen LogP contribution is -2.16. The molecule has 5 heteroatoms. The Morgan fingerprint density at radius 3 is 2.48 bits per heavy atom. The average molecular weight is 409 g/mol. The van der Waals surface area contributed by atoms with E-state index in [0.717, 1.165) is 49.7 Å². The highest BCUT2D eigenvalue weighted by molar-refractivity contribution is 5.95. The molecular formula is C24H40O5. The van der Waals surface area contributed by atoms with Gasteiger partial charge in [0.05, 0.1) is 12.2 Å². The van der Waals surface area contributed by atoms with Crippen LogP contribution >= 0.6 is 0 Å². The van der Waals surface area contributed by atoms with Gasteiger partial charge in [0, 0.05) is 18.8 Å². The van der Waals surface area contributed by atoms with Crippen LogP contribution in [0.25, 0.3) is 0 Å². The maximum atomic E-state index is 12.0. The van der Waals surface area contributed by atoms with Crippen LogP contribution in [-0.4, -0.2) is 39.3 Å². The lowest BCUT2D eigenvalue weighted by Gasteiger charge is -2.17. The first-order chi connectivity index (χ1) is 13.8. The molecule has 3 N–H and O–H groups in total. The molecule has 0 heterocycles. The van der Waals surface area contributed by atoms with Crippen molar-refractivity contribution in [1.82, 2.24) is 0 Å². The molecule has 5 nitrogen and oxygen atoms in total. The van der Waals surface area contributed by atoms with E-state index in [0.29, 0.717) is 25.2 Å². The maximum absolute atomic E-state index is 12.0. The summed E-state index contributed by atoms with van der Waals surface area (Å²) in [5.74, 6) is -0.516. The van der Waals surface area contributed by atoms with Crippen molar-refractivity contribution in [2.45, 2.75) is 104 Å². The molecule has 4 atom stereocenters. The molecule has 1 rings (SSSR count). The van der Waals surface area contributed by atoms with Gasteiger partial charge in [0.15, 0.2) is 5.78 Å². The summed E-state index contributed by atoms with van der Waals surface area (Å²) in [5.41, 5.74) is 1.72. The van der Waals surface area contributed by atoms with Gasteiger partial charge in [-0.25, -0.2) is 0 Å². The standard InChI is InChI=1S/C24H40O5/c1-4-5-10-17(2)15-19(26)13-14-21-20(22(18(3)25)16-23(21)27)11-8-6-7-9-12-24(28)29/h13-14,17,19,21,23,26-27H,4-12,15-16H2,1-3H3,(H,28,29)/b14-13+/t17-,19-,21-,23?/m1/s1. The van der Waals surface area contributed by atoms with Crippen LogP contribution in [0, 0.1) is 11.8 Å². The van der Waals surface area contributed by atoms with E-state index in [1.807, 2.05) is 6.08 Å². The number of Topliss-reactive ketones (excluding diaryl/α,β-unsaturated/α-hetero) is 1. The van der Waals surface area contributed by atoms with Crippen LogP contribution in [0.15, 0.2) is 23.3 Å². The Labute approximate surface area is 175 Å². The van der Waals surface area contributed by atoms with Crippen LogP contribution in [0.1, 0.15) is 91.4 Å².